The smallest absolute Gasteiger partial charge is 0.306 e. The summed E-state index contributed by atoms with van der Waals surface area (Å²) in [5.74, 6) is 0.655. The van der Waals surface area contributed by atoms with E-state index >= 15 is 0 Å². The molecule has 1 aliphatic carbocycles. The fourth-order valence-corrected chi connectivity index (χ4v) is 3.86. The van der Waals surface area contributed by atoms with Gasteiger partial charge in [-0.3, -0.25) is 9.00 Å². The molecule has 2 rings (SSSR count). The van der Waals surface area contributed by atoms with Crippen LogP contribution in [0.3, 0.4) is 0 Å². The van der Waals surface area contributed by atoms with Crippen LogP contribution in [0.2, 0.25) is 0 Å². The lowest BCUT2D eigenvalue weighted by molar-refractivity contribution is -0.141. The highest BCUT2D eigenvalue weighted by molar-refractivity contribution is 7.84. The third-order valence-electron chi connectivity index (χ3n) is 3.44. The number of nitrogens with zero attached hydrogens (tertiary/aromatic N) is 2. The van der Waals surface area contributed by atoms with Gasteiger partial charge < -0.3 is 4.74 Å². The second kappa shape index (κ2) is 6.14. The van der Waals surface area contributed by atoms with E-state index in [0.717, 1.165) is 18.4 Å². The minimum atomic E-state index is -1.05. The van der Waals surface area contributed by atoms with Crippen molar-refractivity contribution in [2.75, 3.05) is 12.9 Å². The molecular formula is C14H16N2O3S. The average Bonchev–Trinajstić information content (AvgIpc) is 3.17. The van der Waals surface area contributed by atoms with Crippen LogP contribution in [-0.2, 0) is 26.1 Å². The minimum absolute atomic E-state index is 0.136. The summed E-state index contributed by atoms with van der Waals surface area (Å²) in [6.45, 7) is 0. The molecule has 0 aromatic carbocycles. The summed E-state index contributed by atoms with van der Waals surface area (Å²) in [4.78, 5) is 15.2. The van der Waals surface area contributed by atoms with E-state index < -0.39 is 10.8 Å². The average molecular weight is 292 g/mol. The number of carbonyl (C=O) groups excluding carboxylic acids is 1. The van der Waals surface area contributed by atoms with Gasteiger partial charge in [0.05, 0.1) is 13.5 Å². The Morgan fingerprint density at radius 1 is 1.60 bits per heavy atom. The summed E-state index contributed by atoms with van der Waals surface area (Å²) < 4.78 is 16.9. The number of ether oxygens (including phenoxy) is 1. The quantitative estimate of drug-likeness (QED) is 0.743. The number of esters is 1. The maximum Gasteiger partial charge on any atom is 0.306 e. The van der Waals surface area contributed by atoms with Gasteiger partial charge in [-0.05, 0) is 36.0 Å². The molecule has 1 aromatic heterocycles. The summed E-state index contributed by atoms with van der Waals surface area (Å²) in [6, 6.07) is 5.38. The SMILES string of the molecule is COC(=O)CC1(CS(=O)Cc2ccnc(C#N)c2)CC1. The van der Waals surface area contributed by atoms with Gasteiger partial charge in [-0.1, -0.05) is 0 Å². The number of nitriles is 1. The molecule has 1 unspecified atom stereocenters. The van der Waals surface area contributed by atoms with Gasteiger partial charge in [0, 0.05) is 28.5 Å². The van der Waals surface area contributed by atoms with E-state index in [1.807, 2.05) is 6.07 Å². The number of hydrogen-bond donors (Lipinski definition) is 0. The van der Waals surface area contributed by atoms with Gasteiger partial charge in [0.1, 0.15) is 11.8 Å². The molecule has 0 spiro atoms. The summed E-state index contributed by atoms with van der Waals surface area (Å²) in [5, 5.41) is 8.78. The number of pyridine rings is 1. The van der Waals surface area contributed by atoms with E-state index in [0.29, 0.717) is 23.6 Å². The highest BCUT2D eigenvalue weighted by atomic mass is 32.2. The van der Waals surface area contributed by atoms with Crippen LogP contribution in [0.4, 0.5) is 0 Å². The number of methoxy groups -OCH3 is 1. The molecule has 1 atom stereocenters. The Bertz CT molecular complexity index is 576. The van der Waals surface area contributed by atoms with E-state index in [4.69, 9.17) is 5.26 Å². The first-order valence-corrected chi connectivity index (χ1v) is 7.82. The minimum Gasteiger partial charge on any atom is -0.469 e. The topological polar surface area (TPSA) is 80.1 Å². The molecule has 106 valence electrons. The third kappa shape index (κ3) is 3.87. The van der Waals surface area contributed by atoms with E-state index in [9.17, 15) is 9.00 Å². The van der Waals surface area contributed by atoms with Crippen molar-refractivity contribution in [1.29, 1.82) is 5.26 Å². The molecule has 0 amide bonds. The van der Waals surface area contributed by atoms with Crippen molar-refractivity contribution in [1.82, 2.24) is 4.98 Å². The van der Waals surface area contributed by atoms with Crippen molar-refractivity contribution >= 4 is 16.8 Å². The highest BCUT2D eigenvalue weighted by Crippen LogP contribution is 2.49. The molecule has 20 heavy (non-hydrogen) atoms. The molecule has 1 heterocycles. The van der Waals surface area contributed by atoms with E-state index in [1.54, 1.807) is 18.3 Å². The summed E-state index contributed by atoms with van der Waals surface area (Å²) in [5.41, 5.74) is 1.03. The lowest BCUT2D eigenvalue weighted by Gasteiger charge is -2.13. The Kier molecular flexibility index (Phi) is 4.50. The van der Waals surface area contributed by atoms with Crippen LogP contribution < -0.4 is 0 Å². The second-order valence-corrected chi connectivity index (χ2v) is 6.60. The van der Waals surface area contributed by atoms with Gasteiger partial charge in [0.25, 0.3) is 0 Å². The van der Waals surface area contributed by atoms with Gasteiger partial charge in [0.15, 0.2) is 0 Å². The normalized spacial score (nSPS) is 17.0. The third-order valence-corrected chi connectivity index (χ3v) is 5.03. The zero-order valence-corrected chi connectivity index (χ0v) is 12.1. The lowest BCUT2D eigenvalue weighted by atomic mass is 10.1. The molecule has 0 bridgehead atoms. The number of aromatic nitrogens is 1. The zero-order valence-electron chi connectivity index (χ0n) is 11.3. The molecule has 1 saturated carbocycles. The maximum atomic E-state index is 12.2. The first kappa shape index (κ1) is 14.7. The van der Waals surface area contributed by atoms with Crippen LogP contribution in [0.15, 0.2) is 18.3 Å². The molecule has 1 aliphatic rings. The molecule has 1 fully saturated rings. The first-order chi connectivity index (χ1) is 9.57. The zero-order chi connectivity index (χ0) is 14.6. The van der Waals surface area contributed by atoms with Gasteiger partial charge >= 0.3 is 5.97 Å². The number of hydrogen-bond acceptors (Lipinski definition) is 5. The Morgan fingerprint density at radius 2 is 2.35 bits per heavy atom. The van der Waals surface area contributed by atoms with E-state index in [2.05, 4.69) is 9.72 Å². The Hall–Kier alpha value is -1.74. The van der Waals surface area contributed by atoms with Crippen LogP contribution in [0, 0.1) is 16.7 Å². The predicted octanol–water partition coefficient (Wildman–Crippen LogP) is 1.55. The molecule has 0 N–H and O–H groups in total. The Morgan fingerprint density at radius 3 is 2.95 bits per heavy atom. The van der Waals surface area contributed by atoms with Crippen LogP contribution in [0.5, 0.6) is 0 Å². The van der Waals surface area contributed by atoms with Crippen molar-refractivity contribution in [2.24, 2.45) is 5.41 Å². The molecule has 0 radical (unpaired) electrons. The van der Waals surface area contributed by atoms with Gasteiger partial charge in [-0.25, -0.2) is 4.98 Å². The van der Waals surface area contributed by atoms with Crippen molar-refractivity contribution in [3.05, 3.63) is 29.6 Å². The van der Waals surface area contributed by atoms with Crippen molar-refractivity contribution in [3.63, 3.8) is 0 Å². The number of rotatable bonds is 6. The Labute approximate surface area is 120 Å². The highest BCUT2D eigenvalue weighted by Gasteiger charge is 2.45. The molecule has 6 heteroatoms. The van der Waals surface area contributed by atoms with Gasteiger partial charge in [-0.2, -0.15) is 5.26 Å². The first-order valence-electron chi connectivity index (χ1n) is 6.34. The van der Waals surface area contributed by atoms with Gasteiger partial charge in [-0.15, -0.1) is 0 Å². The molecule has 5 nitrogen and oxygen atoms in total. The standard InChI is InChI=1S/C14H16N2O3S/c1-19-13(17)7-14(3-4-14)10-20(18)9-11-2-5-16-12(6-11)8-15/h2,5-6H,3-4,7,9-10H2,1H3. The fourth-order valence-electron chi connectivity index (χ4n) is 2.13. The summed E-state index contributed by atoms with van der Waals surface area (Å²) >= 11 is 0. The fraction of sp³-hybridized carbons (Fsp3) is 0.500. The van der Waals surface area contributed by atoms with Crippen LogP contribution in [-0.4, -0.2) is 28.0 Å². The van der Waals surface area contributed by atoms with Crippen LogP contribution >= 0.6 is 0 Å². The molecule has 1 aromatic rings. The largest absolute Gasteiger partial charge is 0.469 e. The summed E-state index contributed by atoms with van der Waals surface area (Å²) in [6.07, 6.45) is 3.74. The van der Waals surface area contributed by atoms with Crippen LogP contribution in [0.1, 0.15) is 30.5 Å². The lowest BCUT2D eigenvalue weighted by Crippen LogP contribution is -2.18. The monoisotopic (exact) mass is 292 g/mol. The van der Waals surface area contributed by atoms with E-state index in [-0.39, 0.29) is 11.4 Å². The maximum absolute atomic E-state index is 12.2. The van der Waals surface area contributed by atoms with E-state index in [1.165, 1.54) is 7.11 Å². The van der Waals surface area contributed by atoms with Crippen molar-refractivity contribution in [3.8, 4) is 6.07 Å². The number of carbonyl (C=O) groups is 1. The molecular weight excluding hydrogens is 276 g/mol. The van der Waals surface area contributed by atoms with Gasteiger partial charge in [0.2, 0.25) is 0 Å². The summed E-state index contributed by atoms with van der Waals surface area (Å²) in [7, 11) is 0.319. The Balaban J connectivity index is 1.93. The van der Waals surface area contributed by atoms with Crippen molar-refractivity contribution < 1.29 is 13.7 Å². The van der Waals surface area contributed by atoms with Crippen LogP contribution in [0.25, 0.3) is 0 Å². The predicted molar refractivity (Wildman–Crippen MR) is 74.0 cm³/mol. The second-order valence-electron chi connectivity index (χ2n) is 5.14. The van der Waals surface area contributed by atoms with Crippen molar-refractivity contribution in [2.45, 2.75) is 25.0 Å². The molecule has 0 saturated heterocycles. The molecule has 0 aliphatic heterocycles.